The molecule has 0 aliphatic rings. The van der Waals surface area contributed by atoms with Crippen molar-refractivity contribution in [1.82, 2.24) is 0 Å². The molecule has 1 N–H and O–H groups in total. The Morgan fingerprint density at radius 3 is 2.37 bits per heavy atom. The van der Waals surface area contributed by atoms with Crippen LogP contribution in [0.2, 0.25) is 0 Å². The normalized spacial score (nSPS) is 10.5. The van der Waals surface area contributed by atoms with Crippen molar-refractivity contribution in [2.24, 2.45) is 0 Å². The number of anilines is 1. The van der Waals surface area contributed by atoms with Gasteiger partial charge < -0.3 is 24.3 Å². The second-order valence-electron chi connectivity index (χ2n) is 5.72. The molecular weight excluding hydrogens is 410 g/mol. The zero-order valence-corrected chi connectivity index (χ0v) is 18.0. The van der Waals surface area contributed by atoms with Crippen LogP contribution >= 0.6 is 11.3 Å². The Labute approximate surface area is 178 Å². The number of thiophene rings is 1. The summed E-state index contributed by atoms with van der Waals surface area (Å²) in [5.74, 6) is -0.697. The maximum atomic E-state index is 12.4. The van der Waals surface area contributed by atoms with Crippen LogP contribution in [0.1, 0.15) is 40.1 Å². The summed E-state index contributed by atoms with van der Waals surface area (Å²) in [5.41, 5.74) is 0.658. The standard InChI is InChI=1S/C21H23NO7S/c1-5-28-20(24)15-12-30-19(18(15)21(25)29-6-2)22-17(23)10-7-13-11-14(26-3)8-9-16(13)27-4/h7-12H,5-6H2,1-4H3,(H,22,23)/b10-7+. The SMILES string of the molecule is CCOC(=O)c1csc(NC(=O)/C=C/c2cc(OC)ccc2OC)c1C(=O)OCC. The van der Waals surface area contributed by atoms with Gasteiger partial charge in [0.2, 0.25) is 5.91 Å². The second-order valence-corrected chi connectivity index (χ2v) is 6.60. The van der Waals surface area contributed by atoms with Crippen LogP contribution in [0.4, 0.5) is 5.00 Å². The van der Waals surface area contributed by atoms with E-state index >= 15 is 0 Å². The van der Waals surface area contributed by atoms with E-state index in [9.17, 15) is 14.4 Å². The average molecular weight is 433 g/mol. The highest BCUT2D eigenvalue weighted by Gasteiger charge is 2.26. The summed E-state index contributed by atoms with van der Waals surface area (Å²) in [6, 6.07) is 5.18. The molecule has 1 aromatic carbocycles. The average Bonchev–Trinajstić information content (AvgIpc) is 3.16. The van der Waals surface area contributed by atoms with E-state index in [1.54, 1.807) is 38.1 Å². The number of ether oxygens (including phenoxy) is 4. The maximum absolute atomic E-state index is 12.4. The van der Waals surface area contributed by atoms with Gasteiger partial charge in [-0.15, -0.1) is 11.3 Å². The lowest BCUT2D eigenvalue weighted by Gasteiger charge is -2.08. The molecule has 0 atom stereocenters. The third-order valence-corrected chi connectivity index (χ3v) is 4.75. The fourth-order valence-corrected chi connectivity index (χ4v) is 3.42. The van der Waals surface area contributed by atoms with Gasteiger partial charge in [-0.3, -0.25) is 4.79 Å². The number of benzene rings is 1. The molecule has 0 radical (unpaired) electrons. The molecule has 0 aliphatic carbocycles. The van der Waals surface area contributed by atoms with Crippen LogP contribution in [0.3, 0.4) is 0 Å². The van der Waals surface area contributed by atoms with Crippen LogP contribution in [0, 0.1) is 0 Å². The largest absolute Gasteiger partial charge is 0.497 e. The summed E-state index contributed by atoms with van der Waals surface area (Å²) in [6.07, 6.45) is 2.84. The number of hydrogen-bond donors (Lipinski definition) is 1. The lowest BCUT2D eigenvalue weighted by molar-refractivity contribution is -0.111. The minimum atomic E-state index is -0.712. The van der Waals surface area contributed by atoms with Crippen molar-refractivity contribution in [2.75, 3.05) is 32.8 Å². The summed E-state index contributed by atoms with van der Waals surface area (Å²) in [7, 11) is 3.06. The fraction of sp³-hybridized carbons (Fsp3) is 0.286. The smallest absolute Gasteiger partial charge is 0.342 e. The Balaban J connectivity index is 2.27. The Hall–Kier alpha value is -3.33. The summed E-state index contributed by atoms with van der Waals surface area (Å²) in [4.78, 5) is 36.9. The highest BCUT2D eigenvalue weighted by atomic mass is 32.1. The first kappa shape index (κ1) is 23.0. The molecule has 8 nitrogen and oxygen atoms in total. The van der Waals surface area contributed by atoms with Crippen LogP contribution in [0.15, 0.2) is 29.7 Å². The number of carbonyl (C=O) groups excluding carboxylic acids is 3. The van der Waals surface area contributed by atoms with Crippen molar-refractivity contribution < 1.29 is 33.3 Å². The van der Waals surface area contributed by atoms with Crippen molar-refractivity contribution in [2.45, 2.75) is 13.8 Å². The van der Waals surface area contributed by atoms with Gasteiger partial charge in [0.25, 0.3) is 0 Å². The predicted molar refractivity (Wildman–Crippen MR) is 113 cm³/mol. The zero-order valence-electron chi connectivity index (χ0n) is 17.1. The fourth-order valence-electron chi connectivity index (χ4n) is 2.50. The lowest BCUT2D eigenvalue weighted by Crippen LogP contribution is -2.15. The molecule has 1 amide bonds. The number of methoxy groups -OCH3 is 2. The van der Waals surface area contributed by atoms with E-state index < -0.39 is 17.8 Å². The maximum Gasteiger partial charge on any atom is 0.342 e. The van der Waals surface area contributed by atoms with Crippen molar-refractivity contribution in [1.29, 1.82) is 0 Å². The predicted octanol–water partition coefficient (Wildman–Crippen LogP) is 3.77. The topological polar surface area (TPSA) is 100 Å². The number of carbonyl (C=O) groups is 3. The van der Waals surface area contributed by atoms with E-state index in [2.05, 4.69) is 5.32 Å². The molecule has 0 bridgehead atoms. The first-order chi connectivity index (χ1) is 14.4. The Kier molecular flexibility index (Phi) is 8.42. The van der Waals surface area contributed by atoms with Gasteiger partial charge >= 0.3 is 11.9 Å². The molecule has 30 heavy (non-hydrogen) atoms. The number of hydrogen-bond acceptors (Lipinski definition) is 8. The van der Waals surface area contributed by atoms with Crippen molar-refractivity contribution in [3.05, 3.63) is 46.3 Å². The third kappa shape index (κ3) is 5.60. The van der Waals surface area contributed by atoms with Gasteiger partial charge in [-0.25, -0.2) is 9.59 Å². The quantitative estimate of drug-likeness (QED) is 0.475. The minimum Gasteiger partial charge on any atom is -0.497 e. The molecule has 2 aromatic rings. The first-order valence-electron chi connectivity index (χ1n) is 9.11. The highest BCUT2D eigenvalue weighted by molar-refractivity contribution is 7.15. The van der Waals surface area contributed by atoms with Crippen LogP contribution in [-0.2, 0) is 14.3 Å². The minimum absolute atomic E-state index is 0.0268. The van der Waals surface area contributed by atoms with Crippen molar-refractivity contribution in [3.8, 4) is 11.5 Å². The van der Waals surface area contributed by atoms with E-state index in [1.807, 2.05) is 0 Å². The Bertz CT molecular complexity index is 949. The monoisotopic (exact) mass is 433 g/mol. The molecular formula is C21H23NO7S. The Morgan fingerprint density at radius 1 is 1.03 bits per heavy atom. The van der Waals surface area contributed by atoms with Crippen LogP contribution in [0.5, 0.6) is 11.5 Å². The van der Waals surface area contributed by atoms with E-state index in [0.717, 1.165) is 11.3 Å². The van der Waals surface area contributed by atoms with Gasteiger partial charge in [-0.2, -0.15) is 0 Å². The molecule has 0 unspecified atom stereocenters. The number of nitrogens with one attached hydrogen (secondary N) is 1. The van der Waals surface area contributed by atoms with Gasteiger partial charge in [-0.05, 0) is 38.1 Å². The van der Waals surface area contributed by atoms with Gasteiger partial charge in [0.05, 0.1) is 33.0 Å². The number of amides is 1. The number of rotatable bonds is 9. The molecule has 2 rings (SSSR count). The van der Waals surface area contributed by atoms with Crippen LogP contribution in [0.25, 0.3) is 6.08 Å². The molecule has 0 spiro atoms. The molecule has 160 valence electrons. The molecule has 0 fully saturated rings. The summed E-state index contributed by atoms with van der Waals surface area (Å²) in [6.45, 7) is 3.59. The molecule has 1 heterocycles. The Morgan fingerprint density at radius 2 is 1.73 bits per heavy atom. The van der Waals surface area contributed by atoms with E-state index in [-0.39, 0.29) is 29.3 Å². The van der Waals surface area contributed by atoms with E-state index in [4.69, 9.17) is 18.9 Å². The van der Waals surface area contributed by atoms with Crippen molar-refractivity contribution in [3.63, 3.8) is 0 Å². The second kappa shape index (κ2) is 11.0. The van der Waals surface area contributed by atoms with E-state index in [1.165, 1.54) is 25.7 Å². The van der Waals surface area contributed by atoms with Crippen LogP contribution < -0.4 is 14.8 Å². The molecule has 0 saturated carbocycles. The molecule has 0 saturated heterocycles. The highest BCUT2D eigenvalue weighted by Crippen LogP contribution is 2.30. The van der Waals surface area contributed by atoms with Gasteiger partial charge in [-0.1, -0.05) is 0 Å². The summed E-state index contributed by atoms with van der Waals surface area (Å²) >= 11 is 1.04. The van der Waals surface area contributed by atoms with Crippen molar-refractivity contribution >= 4 is 40.3 Å². The van der Waals surface area contributed by atoms with Gasteiger partial charge in [0, 0.05) is 17.0 Å². The van der Waals surface area contributed by atoms with Crippen LogP contribution in [-0.4, -0.2) is 45.3 Å². The molecule has 0 aliphatic heterocycles. The lowest BCUT2D eigenvalue weighted by atomic mass is 10.1. The molecule has 9 heteroatoms. The van der Waals surface area contributed by atoms with Gasteiger partial charge in [0.1, 0.15) is 22.1 Å². The third-order valence-electron chi connectivity index (χ3n) is 3.85. The summed E-state index contributed by atoms with van der Waals surface area (Å²) in [5, 5.41) is 4.27. The van der Waals surface area contributed by atoms with E-state index in [0.29, 0.717) is 17.1 Å². The van der Waals surface area contributed by atoms with Gasteiger partial charge in [0.15, 0.2) is 0 Å². The number of esters is 2. The zero-order chi connectivity index (χ0) is 22.1. The first-order valence-corrected chi connectivity index (χ1v) is 9.99. The summed E-state index contributed by atoms with van der Waals surface area (Å²) < 4.78 is 20.5. The molecule has 1 aromatic heterocycles.